The monoisotopic (exact) mass is 685 g/mol. The molecule has 11 heteroatoms. The number of sulfonamides is 1. The molecule has 0 aliphatic rings. The minimum atomic E-state index is -4.23. The predicted molar refractivity (Wildman–Crippen MR) is 181 cm³/mol. The molecular weight excluding hydrogens is 653 g/mol. The third-order valence-corrected chi connectivity index (χ3v) is 9.66. The van der Waals surface area contributed by atoms with Crippen molar-refractivity contribution in [2.24, 2.45) is 5.92 Å². The zero-order chi connectivity index (χ0) is 32.6. The van der Waals surface area contributed by atoms with Gasteiger partial charge in [0.05, 0.1) is 10.6 Å². The van der Waals surface area contributed by atoms with E-state index in [-0.39, 0.29) is 35.4 Å². The second kappa shape index (κ2) is 15.6. The summed E-state index contributed by atoms with van der Waals surface area (Å²) in [4.78, 5) is 29.7. The van der Waals surface area contributed by atoms with E-state index in [1.807, 2.05) is 44.2 Å². The molecule has 45 heavy (non-hydrogen) atoms. The van der Waals surface area contributed by atoms with Gasteiger partial charge in [0.2, 0.25) is 11.8 Å². The van der Waals surface area contributed by atoms with Crippen molar-refractivity contribution >= 4 is 62.3 Å². The van der Waals surface area contributed by atoms with Crippen LogP contribution < -0.4 is 9.62 Å². The molecule has 0 bridgehead atoms. The Morgan fingerprint density at radius 1 is 0.800 bits per heavy atom. The molecule has 2 amide bonds. The molecule has 0 saturated carbocycles. The van der Waals surface area contributed by atoms with E-state index in [1.165, 1.54) is 29.2 Å². The summed E-state index contributed by atoms with van der Waals surface area (Å²) in [5.41, 5.74) is 1.67. The Bertz CT molecular complexity index is 1700. The third kappa shape index (κ3) is 9.23. The number of halogens is 3. The molecule has 7 nitrogen and oxygen atoms in total. The summed E-state index contributed by atoms with van der Waals surface area (Å²) in [5, 5.41) is 4.07. The number of carbonyl (C=O) groups is 2. The topological polar surface area (TPSA) is 86.8 Å². The Morgan fingerprint density at radius 3 is 2.00 bits per heavy atom. The fourth-order valence-corrected chi connectivity index (χ4v) is 6.68. The van der Waals surface area contributed by atoms with Crippen molar-refractivity contribution in [3.05, 3.63) is 129 Å². The van der Waals surface area contributed by atoms with Crippen molar-refractivity contribution in [1.29, 1.82) is 0 Å². The predicted octanol–water partition coefficient (Wildman–Crippen LogP) is 7.25. The van der Waals surface area contributed by atoms with Crippen molar-refractivity contribution in [3.8, 4) is 0 Å². The number of para-hydroxylation sites is 1. The average molecular weight is 687 g/mol. The van der Waals surface area contributed by atoms with Gasteiger partial charge in [-0.15, -0.1) is 0 Å². The lowest BCUT2D eigenvalue weighted by Crippen LogP contribution is -2.53. The molecular formula is C34H34Cl3N3O4S. The van der Waals surface area contributed by atoms with Crippen LogP contribution in [0.4, 0.5) is 5.69 Å². The highest BCUT2D eigenvalue weighted by Gasteiger charge is 2.35. The van der Waals surface area contributed by atoms with Crippen molar-refractivity contribution < 1.29 is 18.0 Å². The second-order valence-electron chi connectivity index (χ2n) is 10.9. The maximum absolute atomic E-state index is 14.5. The van der Waals surface area contributed by atoms with E-state index in [9.17, 15) is 18.0 Å². The fourth-order valence-electron chi connectivity index (χ4n) is 4.67. The molecule has 4 aromatic rings. The summed E-state index contributed by atoms with van der Waals surface area (Å²) in [6.45, 7) is 3.70. The fraction of sp³-hybridized carbons (Fsp3) is 0.235. The summed E-state index contributed by atoms with van der Waals surface area (Å²) in [6, 6.07) is 27.3. The van der Waals surface area contributed by atoms with E-state index in [1.54, 1.807) is 48.5 Å². The molecule has 0 aliphatic heterocycles. The van der Waals surface area contributed by atoms with E-state index in [0.717, 1.165) is 9.87 Å². The molecule has 0 spiro atoms. The van der Waals surface area contributed by atoms with Crippen LogP contribution in [-0.2, 0) is 32.6 Å². The number of hydrogen-bond acceptors (Lipinski definition) is 4. The van der Waals surface area contributed by atoms with Crippen LogP contribution in [0.3, 0.4) is 0 Å². The molecule has 0 saturated heterocycles. The van der Waals surface area contributed by atoms with Gasteiger partial charge in [-0.1, -0.05) is 103 Å². The van der Waals surface area contributed by atoms with Crippen LogP contribution in [0.15, 0.2) is 108 Å². The van der Waals surface area contributed by atoms with Gasteiger partial charge in [0.1, 0.15) is 12.6 Å². The van der Waals surface area contributed by atoms with Crippen LogP contribution in [0.1, 0.15) is 25.0 Å². The van der Waals surface area contributed by atoms with Crippen molar-refractivity contribution in [2.45, 2.75) is 37.8 Å². The Hall–Kier alpha value is -3.56. The number of anilines is 1. The Kier molecular flexibility index (Phi) is 11.9. The molecule has 0 radical (unpaired) electrons. The van der Waals surface area contributed by atoms with Gasteiger partial charge in [-0.2, -0.15) is 0 Å². The smallest absolute Gasteiger partial charge is 0.264 e. The van der Waals surface area contributed by atoms with E-state index < -0.39 is 28.5 Å². The molecule has 0 unspecified atom stereocenters. The van der Waals surface area contributed by atoms with Crippen LogP contribution >= 0.6 is 34.8 Å². The quantitative estimate of drug-likeness (QED) is 0.161. The summed E-state index contributed by atoms with van der Waals surface area (Å²) in [7, 11) is -4.23. The Morgan fingerprint density at radius 2 is 1.40 bits per heavy atom. The molecule has 0 heterocycles. The van der Waals surface area contributed by atoms with Crippen LogP contribution in [-0.4, -0.2) is 44.3 Å². The molecule has 0 fully saturated rings. The number of amides is 2. The summed E-state index contributed by atoms with van der Waals surface area (Å²) in [6.07, 6.45) is 0.191. The highest BCUT2D eigenvalue weighted by atomic mass is 35.5. The highest BCUT2D eigenvalue weighted by molar-refractivity contribution is 7.92. The van der Waals surface area contributed by atoms with E-state index in [4.69, 9.17) is 34.8 Å². The minimum Gasteiger partial charge on any atom is -0.354 e. The minimum absolute atomic E-state index is 0.0358. The first-order valence-electron chi connectivity index (χ1n) is 14.3. The number of benzene rings is 4. The number of carbonyl (C=O) groups excluding carboxylic acids is 2. The van der Waals surface area contributed by atoms with Gasteiger partial charge < -0.3 is 10.2 Å². The first-order chi connectivity index (χ1) is 21.5. The van der Waals surface area contributed by atoms with Crippen LogP contribution in [0, 0.1) is 5.92 Å². The molecule has 1 N–H and O–H groups in total. The average Bonchev–Trinajstić information content (AvgIpc) is 3.02. The maximum atomic E-state index is 14.5. The lowest BCUT2D eigenvalue weighted by atomic mass is 10.0. The molecule has 0 aromatic heterocycles. The van der Waals surface area contributed by atoms with Gasteiger partial charge in [-0.25, -0.2) is 8.42 Å². The zero-order valence-corrected chi connectivity index (χ0v) is 28.0. The number of hydrogen-bond donors (Lipinski definition) is 1. The van der Waals surface area contributed by atoms with Gasteiger partial charge in [0.15, 0.2) is 0 Å². The Balaban J connectivity index is 1.80. The second-order valence-corrected chi connectivity index (χ2v) is 14.0. The lowest BCUT2D eigenvalue weighted by Gasteiger charge is -2.34. The molecule has 0 aliphatic carbocycles. The number of nitrogens with zero attached hydrogens (tertiary/aromatic N) is 2. The number of nitrogens with one attached hydrogen (secondary N) is 1. The largest absolute Gasteiger partial charge is 0.354 e. The highest BCUT2D eigenvalue weighted by Crippen LogP contribution is 2.27. The third-order valence-electron chi connectivity index (χ3n) is 7.04. The summed E-state index contributed by atoms with van der Waals surface area (Å²) >= 11 is 18.7. The van der Waals surface area contributed by atoms with E-state index in [0.29, 0.717) is 27.2 Å². The van der Waals surface area contributed by atoms with Crippen LogP contribution in [0.25, 0.3) is 0 Å². The lowest BCUT2D eigenvalue weighted by molar-refractivity contribution is -0.140. The Labute approximate surface area is 279 Å². The summed E-state index contributed by atoms with van der Waals surface area (Å²) < 4.78 is 29.1. The van der Waals surface area contributed by atoms with Crippen molar-refractivity contribution in [3.63, 3.8) is 0 Å². The molecule has 236 valence electrons. The van der Waals surface area contributed by atoms with Gasteiger partial charge in [-0.3, -0.25) is 13.9 Å². The molecule has 4 aromatic carbocycles. The van der Waals surface area contributed by atoms with Crippen LogP contribution in [0.2, 0.25) is 15.1 Å². The van der Waals surface area contributed by atoms with E-state index >= 15 is 0 Å². The SMILES string of the molecule is CC(C)CNC(=O)[C@@H](Cc1ccccc1)N(Cc1ccc(Cl)cc1Cl)C(=O)CN(c1ccccc1)S(=O)(=O)c1ccc(Cl)cc1. The molecule has 4 rings (SSSR count). The summed E-state index contributed by atoms with van der Waals surface area (Å²) in [5.74, 6) is -0.792. The van der Waals surface area contributed by atoms with Crippen molar-refractivity contribution in [1.82, 2.24) is 10.2 Å². The van der Waals surface area contributed by atoms with Gasteiger partial charge >= 0.3 is 0 Å². The first kappa shape index (κ1) is 34.3. The normalized spacial score (nSPS) is 12.0. The van der Waals surface area contributed by atoms with Gasteiger partial charge in [0.25, 0.3) is 10.0 Å². The van der Waals surface area contributed by atoms with Gasteiger partial charge in [0, 0.05) is 34.6 Å². The molecule has 1 atom stereocenters. The van der Waals surface area contributed by atoms with E-state index in [2.05, 4.69) is 5.32 Å². The first-order valence-corrected chi connectivity index (χ1v) is 16.9. The standard InChI is InChI=1S/C34H34Cl3N3O4S/c1-24(2)21-38-34(42)32(19-25-9-5-3-6-10-25)39(22-26-13-14-28(36)20-31(26)37)33(41)23-40(29-11-7-4-8-12-29)45(43,44)30-17-15-27(35)16-18-30/h3-18,20,24,32H,19,21-23H2,1-2H3,(H,38,42)/t32-/m1/s1. The maximum Gasteiger partial charge on any atom is 0.264 e. The van der Waals surface area contributed by atoms with Crippen molar-refractivity contribution in [2.75, 3.05) is 17.4 Å². The number of rotatable bonds is 13. The zero-order valence-electron chi connectivity index (χ0n) is 24.9. The van der Waals surface area contributed by atoms with Crippen LogP contribution in [0.5, 0.6) is 0 Å². The van der Waals surface area contributed by atoms with Gasteiger partial charge in [-0.05, 0) is 65.6 Å².